The maximum atomic E-state index is 10.6. The van der Waals surface area contributed by atoms with Gasteiger partial charge in [0.25, 0.3) is 0 Å². The second-order valence-electron chi connectivity index (χ2n) is 7.98. The number of rotatable bonds is 1. The van der Waals surface area contributed by atoms with Gasteiger partial charge in [-0.25, -0.2) is 0 Å². The molecule has 0 unspecified atom stereocenters. The normalized spacial score (nSPS) is 20.1. The molecular weight excluding hydrogens is 308 g/mol. The Kier molecular flexibility index (Phi) is 4.35. The van der Waals surface area contributed by atoms with Crippen molar-refractivity contribution in [3.63, 3.8) is 0 Å². The third-order valence-electron chi connectivity index (χ3n) is 5.95. The standard InChI is InChI=1S/C22H28N2O/c1-17-6-7-20-19(16-17)18-8-14-23(2)15-9-21(18)24(20)13-5-12-22(25)10-3-4-11-22/h6-7,16,25H,3-4,8-12,14-15H2,1-2H3. The van der Waals surface area contributed by atoms with Crippen LogP contribution in [0.1, 0.15) is 48.9 Å². The Labute approximate surface area is 150 Å². The molecule has 1 aliphatic heterocycles. The molecule has 0 radical (unpaired) electrons. The minimum Gasteiger partial charge on any atom is -0.389 e. The number of likely N-dealkylation sites (N-methyl/N-ethyl adjacent to an activating group) is 1. The summed E-state index contributed by atoms with van der Waals surface area (Å²) in [6.07, 6.45) is 6.78. The van der Waals surface area contributed by atoms with Gasteiger partial charge < -0.3 is 10.0 Å². The second kappa shape index (κ2) is 6.52. The number of aromatic nitrogens is 1. The first-order chi connectivity index (χ1) is 12.1. The van der Waals surface area contributed by atoms with Crippen molar-refractivity contribution in [3.8, 4) is 12.0 Å². The fourth-order valence-corrected chi connectivity index (χ4v) is 4.40. The third-order valence-corrected chi connectivity index (χ3v) is 5.95. The van der Waals surface area contributed by atoms with Crippen LogP contribution in [0.4, 0.5) is 0 Å². The average molecular weight is 336 g/mol. The van der Waals surface area contributed by atoms with Gasteiger partial charge in [0.15, 0.2) is 0 Å². The van der Waals surface area contributed by atoms with Crippen LogP contribution in [-0.2, 0) is 12.8 Å². The molecule has 0 atom stereocenters. The van der Waals surface area contributed by atoms with Crippen molar-refractivity contribution >= 4 is 10.9 Å². The summed E-state index contributed by atoms with van der Waals surface area (Å²) in [6.45, 7) is 4.34. The lowest BCUT2D eigenvalue weighted by Gasteiger charge is -2.18. The maximum Gasteiger partial charge on any atom is 0.0757 e. The predicted molar refractivity (Wildman–Crippen MR) is 103 cm³/mol. The zero-order valence-electron chi connectivity index (χ0n) is 15.4. The summed E-state index contributed by atoms with van der Waals surface area (Å²) < 4.78 is 2.21. The molecule has 3 heteroatoms. The van der Waals surface area contributed by atoms with Gasteiger partial charge in [-0.3, -0.25) is 4.57 Å². The molecule has 0 bridgehead atoms. The van der Waals surface area contributed by atoms with Crippen LogP contribution >= 0.6 is 0 Å². The predicted octanol–water partition coefficient (Wildman–Crippen LogP) is 3.48. The summed E-state index contributed by atoms with van der Waals surface area (Å²) in [5.74, 6) is 3.31. The summed E-state index contributed by atoms with van der Waals surface area (Å²) >= 11 is 0. The molecular formula is C22H28N2O. The summed E-state index contributed by atoms with van der Waals surface area (Å²) in [4.78, 5) is 2.40. The van der Waals surface area contributed by atoms with E-state index in [-0.39, 0.29) is 0 Å². The monoisotopic (exact) mass is 336 g/mol. The molecule has 1 aromatic heterocycles. The molecule has 2 heterocycles. The van der Waals surface area contributed by atoms with E-state index in [1.54, 1.807) is 0 Å². The third kappa shape index (κ3) is 3.21. The molecule has 0 spiro atoms. The number of fused-ring (bicyclic) bond motifs is 3. The Balaban J connectivity index is 1.75. The zero-order valence-corrected chi connectivity index (χ0v) is 15.4. The van der Waals surface area contributed by atoms with Crippen molar-refractivity contribution in [1.82, 2.24) is 9.47 Å². The molecule has 132 valence electrons. The Bertz CT molecular complexity index is 846. The van der Waals surface area contributed by atoms with E-state index in [4.69, 9.17) is 0 Å². The van der Waals surface area contributed by atoms with Gasteiger partial charge in [-0.05, 0) is 50.9 Å². The highest BCUT2D eigenvalue weighted by molar-refractivity contribution is 5.87. The van der Waals surface area contributed by atoms with Crippen LogP contribution in [-0.4, -0.2) is 40.3 Å². The lowest BCUT2D eigenvalue weighted by Crippen LogP contribution is -2.22. The first-order valence-electron chi connectivity index (χ1n) is 9.58. The number of nitrogens with zero attached hydrogens (tertiary/aromatic N) is 2. The van der Waals surface area contributed by atoms with Gasteiger partial charge in [0.2, 0.25) is 0 Å². The van der Waals surface area contributed by atoms with E-state index in [1.807, 2.05) is 0 Å². The topological polar surface area (TPSA) is 28.4 Å². The van der Waals surface area contributed by atoms with Crippen molar-refractivity contribution < 1.29 is 5.11 Å². The molecule has 4 rings (SSSR count). The molecule has 1 N–H and O–H groups in total. The van der Waals surface area contributed by atoms with Crippen molar-refractivity contribution in [1.29, 1.82) is 0 Å². The van der Waals surface area contributed by atoms with E-state index in [2.05, 4.69) is 53.6 Å². The number of hydrogen-bond donors (Lipinski definition) is 1. The van der Waals surface area contributed by atoms with Gasteiger partial charge >= 0.3 is 0 Å². The van der Waals surface area contributed by atoms with Crippen molar-refractivity contribution in [2.75, 3.05) is 20.1 Å². The second-order valence-corrected chi connectivity index (χ2v) is 7.98. The van der Waals surface area contributed by atoms with Crippen LogP contribution in [0.3, 0.4) is 0 Å². The van der Waals surface area contributed by atoms with Crippen LogP contribution in [0.5, 0.6) is 0 Å². The number of benzene rings is 1. The van der Waals surface area contributed by atoms with Gasteiger partial charge in [0.05, 0.1) is 11.1 Å². The fraction of sp³-hybridized carbons (Fsp3) is 0.545. The Morgan fingerprint density at radius 3 is 2.72 bits per heavy atom. The van der Waals surface area contributed by atoms with Gasteiger partial charge in [-0.1, -0.05) is 30.4 Å². The lowest BCUT2D eigenvalue weighted by molar-refractivity contribution is 0.0532. The van der Waals surface area contributed by atoms with Crippen molar-refractivity contribution in [3.05, 3.63) is 35.0 Å². The summed E-state index contributed by atoms with van der Waals surface area (Å²) in [5, 5.41) is 11.9. The van der Waals surface area contributed by atoms with Crippen molar-refractivity contribution in [2.24, 2.45) is 0 Å². The minimum absolute atomic E-state index is 0.552. The summed E-state index contributed by atoms with van der Waals surface area (Å²) in [7, 11) is 2.20. The molecule has 2 aliphatic rings. The number of hydrogen-bond acceptors (Lipinski definition) is 2. The van der Waals surface area contributed by atoms with Crippen LogP contribution in [0.25, 0.3) is 10.9 Å². The largest absolute Gasteiger partial charge is 0.389 e. The highest BCUT2D eigenvalue weighted by Crippen LogP contribution is 2.32. The Morgan fingerprint density at radius 1 is 1.16 bits per heavy atom. The molecule has 2 aromatic rings. The highest BCUT2D eigenvalue weighted by Gasteiger charge is 2.30. The van der Waals surface area contributed by atoms with Gasteiger partial charge in [-0.15, -0.1) is 0 Å². The molecule has 1 aromatic carbocycles. The average Bonchev–Trinajstić information content (AvgIpc) is 3.06. The SMILES string of the molecule is Cc1ccc2c(c1)c1c(n2C#CCC2(O)CCCC2)CCN(C)CC1. The van der Waals surface area contributed by atoms with Crippen LogP contribution in [0, 0.1) is 18.9 Å². The smallest absolute Gasteiger partial charge is 0.0757 e. The summed E-state index contributed by atoms with van der Waals surface area (Å²) in [5.41, 5.74) is 4.82. The van der Waals surface area contributed by atoms with E-state index in [9.17, 15) is 5.11 Å². The maximum absolute atomic E-state index is 10.6. The number of aryl methyl sites for hydroxylation is 1. The van der Waals surface area contributed by atoms with E-state index in [0.29, 0.717) is 6.42 Å². The van der Waals surface area contributed by atoms with E-state index in [0.717, 1.165) is 51.6 Å². The number of aliphatic hydroxyl groups is 1. The van der Waals surface area contributed by atoms with Crippen LogP contribution in [0.15, 0.2) is 18.2 Å². The molecule has 0 saturated heterocycles. The molecule has 0 amide bonds. The van der Waals surface area contributed by atoms with Gasteiger partial charge in [0.1, 0.15) is 0 Å². The first-order valence-corrected chi connectivity index (χ1v) is 9.58. The van der Waals surface area contributed by atoms with Gasteiger partial charge in [0, 0.05) is 43.1 Å². The van der Waals surface area contributed by atoms with E-state index >= 15 is 0 Å². The lowest BCUT2D eigenvalue weighted by atomic mass is 9.99. The Hall–Kier alpha value is -1.76. The minimum atomic E-state index is -0.552. The quantitative estimate of drug-likeness (QED) is 0.808. The highest BCUT2D eigenvalue weighted by atomic mass is 16.3. The first kappa shape index (κ1) is 16.7. The van der Waals surface area contributed by atoms with Crippen LogP contribution in [0.2, 0.25) is 0 Å². The molecule has 1 fully saturated rings. The molecule has 1 saturated carbocycles. The fourth-order valence-electron chi connectivity index (χ4n) is 4.40. The van der Waals surface area contributed by atoms with Crippen LogP contribution < -0.4 is 0 Å². The molecule has 3 nitrogen and oxygen atoms in total. The zero-order chi connectivity index (χ0) is 17.4. The summed E-state index contributed by atoms with van der Waals surface area (Å²) in [6, 6.07) is 10.1. The van der Waals surface area contributed by atoms with Crippen molar-refractivity contribution in [2.45, 2.75) is 57.5 Å². The van der Waals surface area contributed by atoms with E-state index in [1.165, 1.54) is 27.7 Å². The van der Waals surface area contributed by atoms with Gasteiger partial charge in [-0.2, -0.15) is 0 Å². The van der Waals surface area contributed by atoms with E-state index < -0.39 is 5.60 Å². The molecule has 25 heavy (non-hydrogen) atoms. The molecule has 1 aliphatic carbocycles. The Morgan fingerprint density at radius 2 is 1.92 bits per heavy atom.